The van der Waals surface area contributed by atoms with Gasteiger partial charge in [-0.05, 0) is 37.8 Å². The zero-order valence-electron chi connectivity index (χ0n) is 12.3. The van der Waals surface area contributed by atoms with Gasteiger partial charge in [-0.15, -0.1) is 0 Å². The molecule has 0 saturated carbocycles. The molecule has 0 aliphatic carbocycles. The van der Waals surface area contributed by atoms with Crippen LogP contribution in [0, 0.1) is 6.92 Å². The Hall–Kier alpha value is -1.02. The van der Waals surface area contributed by atoms with Gasteiger partial charge in [-0.3, -0.25) is 0 Å². The topological polar surface area (TPSA) is 35.2 Å². The minimum atomic E-state index is -0.100. The molecule has 0 radical (unpaired) electrons. The molecule has 2 nitrogen and oxygen atoms in total. The zero-order chi connectivity index (χ0) is 13.6. The third-order valence-corrected chi connectivity index (χ3v) is 3.71. The van der Waals surface area contributed by atoms with Crippen LogP contribution >= 0.6 is 0 Å². The molecule has 0 aromatic heterocycles. The average molecular weight is 249 g/mol. The zero-order valence-corrected chi connectivity index (χ0v) is 12.3. The Kier molecular flexibility index (Phi) is 5.67. The molecule has 1 atom stereocenters. The van der Waals surface area contributed by atoms with E-state index in [1.54, 1.807) is 7.11 Å². The number of hydrogen-bond donors (Lipinski definition) is 1. The Morgan fingerprint density at radius 1 is 1.28 bits per heavy atom. The van der Waals surface area contributed by atoms with Gasteiger partial charge >= 0.3 is 0 Å². The minimum absolute atomic E-state index is 0.100. The van der Waals surface area contributed by atoms with Crippen LogP contribution in [-0.4, -0.2) is 12.6 Å². The quantitative estimate of drug-likeness (QED) is 0.796. The summed E-state index contributed by atoms with van der Waals surface area (Å²) < 4.78 is 5.44. The summed E-state index contributed by atoms with van der Waals surface area (Å²) in [6, 6.07) is 6.32. The van der Waals surface area contributed by atoms with E-state index in [0.717, 1.165) is 25.0 Å². The normalized spacial score (nSPS) is 14.3. The number of unbranched alkanes of at least 4 members (excludes halogenated alkanes) is 1. The molecule has 2 N–H and O–H groups in total. The first-order valence-corrected chi connectivity index (χ1v) is 6.97. The van der Waals surface area contributed by atoms with Gasteiger partial charge in [0.15, 0.2) is 0 Å². The molecule has 0 aliphatic rings. The highest BCUT2D eigenvalue weighted by atomic mass is 16.5. The minimum Gasteiger partial charge on any atom is -0.496 e. The number of ether oxygens (including phenoxy) is 1. The lowest BCUT2D eigenvalue weighted by atomic mass is 9.84. The maximum Gasteiger partial charge on any atom is 0.122 e. The Balaban J connectivity index is 2.89. The van der Waals surface area contributed by atoms with Crippen LogP contribution in [-0.2, 0) is 6.42 Å². The van der Waals surface area contributed by atoms with Crippen LogP contribution in [0.4, 0.5) is 0 Å². The van der Waals surface area contributed by atoms with Crippen LogP contribution in [0.25, 0.3) is 0 Å². The van der Waals surface area contributed by atoms with E-state index in [9.17, 15) is 0 Å². The molecule has 0 spiro atoms. The maximum atomic E-state index is 6.53. The highest BCUT2D eigenvalue weighted by Gasteiger charge is 2.24. The molecule has 0 amide bonds. The molecule has 1 rings (SSSR count). The van der Waals surface area contributed by atoms with Crippen molar-refractivity contribution >= 4 is 0 Å². The van der Waals surface area contributed by atoms with Crippen molar-refractivity contribution in [1.29, 1.82) is 0 Å². The summed E-state index contributed by atoms with van der Waals surface area (Å²) in [5.41, 5.74) is 8.93. The fourth-order valence-corrected chi connectivity index (χ4v) is 2.34. The lowest BCUT2D eigenvalue weighted by Crippen LogP contribution is -2.41. The fourth-order valence-electron chi connectivity index (χ4n) is 2.34. The first-order chi connectivity index (χ1) is 8.54. The molecule has 1 aromatic carbocycles. The predicted molar refractivity (Wildman–Crippen MR) is 78.2 cm³/mol. The van der Waals surface area contributed by atoms with Crippen molar-refractivity contribution in [2.45, 2.75) is 58.4 Å². The smallest absolute Gasteiger partial charge is 0.122 e. The van der Waals surface area contributed by atoms with Crippen molar-refractivity contribution in [2.24, 2.45) is 5.73 Å². The lowest BCUT2D eigenvalue weighted by Gasteiger charge is -2.29. The first kappa shape index (κ1) is 15.0. The summed E-state index contributed by atoms with van der Waals surface area (Å²) in [7, 11) is 1.73. The lowest BCUT2D eigenvalue weighted by molar-refractivity contribution is 0.353. The van der Waals surface area contributed by atoms with E-state index < -0.39 is 0 Å². The first-order valence-electron chi connectivity index (χ1n) is 6.97. The monoisotopic (exact) mass is 249 g/mol. The van der Waals surface area contributed by atoms with E-state index in [-0.39, 0.29) is 5.54 Å². The third-order valence-electron chi connectivity index (χ3n) is 3.71. The number of rotatable bonds is 7. The molecule has 1 unspecified atom stereocenters. The van der Waals surface area contributed by atoms with Gasteiger partial charge in [-0.25, -0.2) is 0 Å². The van der Waals surface area contributed by atoms with Gasteiger partial charge in [0.25, 0.3) is 0 Å². The Bertz CT molecular complexity index is 375. The molecule has 0 bridgehead atoms. The second-order valence-electron chi connectivity index (χ2n) is 5.31. The summed E-state index contributed by atoms with van der Waals surface area (Å²) in [5, 5.41) is 0. The molecular weight excluding hydrogens is 222 g/mol. The number of benzene rings is 1. The van der Waals surface area contributed by atoms with Gasteiger partial charge in [-0.1, -0.05) is 44.4 Å². The van der Waals surface area contributed by atoms with Crippen molar-refractivity contribution in [2.75, 3.05) is 7.11 Å². The van der Waals surface area contributed by atoms with Crippen LogP contribution in [0.15, 0.2) is 18.2 Å². The number of nitrogens with two attached hydrogens (primary N) is 1. The summed E-state index contributed by atoms with van der Waals surface area (Å²) in [6.07, 6.45) is 5.37. The molecular formula is C16H27NO. The van der Waals surface area contributed by atoms with Gasteiger partial charge in [0.05, 0.1) is 7.11 Å². The van der Waals surface area contributed by atoms with Crippen molar-refractivity contribution in [1.82, 2.24) is 0 Å². The SMILES string of the molecule is CCCCC(N)(CC)Cc1cc(C)ccc1OC. The van der Waals surface area contributed by atoms with Gasteiger partial charge in [-0.2, -0.15) is 0 Å². The van der Waals surface area contributed by atoms with E-state index in [1.165, 1.54) is 24.0 Å². The van der Waals surface area contributed by atoms with Crippen LogP contribution in [0.1, 0.15) is 50.7 Å². The second kappa shape index (κ2) is 6.79. The molecule has 0 saturated heterocycles. The molecule has 0 heterocycles. The van der Waals surface area contributed by atoms with Gasteiger partial charge in [0.2, 0.25) is 0 Å². The van der Waals surface area contributed by atoms with Crippen LogP contribution in [0.2, 0.25) is 0 Å². The number of aryl methyl sites for hydroxylation is 1. The summed E-state index contributed by atoms with van der Waals surface area (Å²) >= 11 is 0. The van der Waals surface area contributed by atoms with E-state index >= 15 is 0 Å². The van der Waals surface area contributed by atoms with Crippen molar-refractivity contribution in [3.05, 3.63) is 29.3 Å². The largest absolute Gasteiger partial charge is 0.496 e. The van der Waals surface area contributed by atoms with Gasteiger partial charge < -0.3 is 10.5 Å². The third kappa shape index (κ3) is 4.02. The Labute approximate surface area is 112 Å². The fraction of sp³-hybridized carbons (Fsp3) is 0.625. The van der Waals surface area contributed by atoms with Crippen LogP contribution in [0.3, 0.4) is 0 Å². The van der Waals surface area contributed by atoms with E-state index in [2.05, 4.69) is 32.9 Å². The van der Waals surface area contributed by atoms with E-state index in [4.69, 9.17) is 10.5 Å². The summed E-state index contributed by atoms with van der Waals surface area (Å²) in [4.78, 5) is 0. The second-order valence-corrected chi connectivity index (χ2v) is 5.31. The van der Waals surface area contributed by atoms with Gasteiger partial charge in [0.1, 0.15) is 5.75 Å². The van der Waals surface area contributed by atoms with E-state index in [0.29, 0.717) is 0 Å². The molecule has 0 aliphatic heterocycles. The molecule has 1 aromatic rings. The van der Waals surface area contributed by atoms with Crippen molar-refractivity contribution in [3.8, 4) is 5.75 Å². The van der Waals surface area contributed by atoms with Crippen molar-refractivity contribution in [3.63, 3.8) is 0 Å². The maximum absolute atomic E-state index is 6.53. The molecule has 2 heteroatoms. The van der Waals surface area contributed by atoms with Crippen LogP contribution in [0.5, 0.6) is 5.75 Å². The predicted octanol–water partition coefficient (Wildman–Crippen LogP) is 3.84. The average Bonchev–Trinajstić information content (AvgIpc) is 2.37. The Morgan fingerprint density at radius 2 is 2.00 bits per heavy atom. The number of methoxy groups -OCH3 is 1. The van der Waals surface area contributed by atoms with Gasteiger partial charge in [0, 0.05) is 5.54 Å². The standard InChI is InChI=1S/C16H27NO/c1-5-7-10-16(17,6-2)12-14-11-13(3)8-9-15(14)18-4/h8-9,11H,5-7,10,12,17H2,1-4H3. The highest BCUT2D eigenvalue weighted by molar-refractivity contribution is 5.38. The summed E-state index contributed by atoms with van der Waals surface area (Å²) in [6.45, 7) is 6.50. The summed E-state index contributed by atoms with van der Waals surface area (Å²) in [5.74, 6) is 0.959. The molecule has 18 heavy (non-hydrogen) atoms. The Morgan fingerprint density at radius 3 is 2.56 bits per heavy atom. The molecule has 0 fully saturated rings. The number of hydrogen-bond acceptors (Lipinski definition) is 2. The highest BCUT2D eigenvalue weighted by Crippen LogP contribution is 2.27. The van der Waals surface area contributed by atoms with Crippen molar-refractivity contribution < 1.29 is 4.74 Å². The van der Waals surface area contributed by atoms with E-state index in [1.807, 2.05) is 6.07 Å². The van der Waals surface area contributed by atoms with Crippen LogP contribution < -0.4 is 10.5 Å². The molecule has 102 valence electrons.